The van der Waals surface area contributed by atoms with E-state index in [0.717, 1.165) is 44.0 Å². The van der Waals surface area contributed by atoms with Crippen molar-refractivity contribution in [3.05, 3.63) is 23.8 Å². The van der Waals surface area contributed by atoms with E-state index in [-0.39, 0.29) is 11.9 Å². The maximum atomic E-state index is 12.5. The first-order valence-electron chi connectivity index (χ1n) is 8.15. The van der Waals surface area contributed by atoms with Gasteiger partial charge in [0.2, 0.25) is 5.91 Å². The van der Waals surface area contributed by atoms with Crippen LogP contribution < -0.4 is 9.47 Å². The highest BCUT2D eigenvalue weighted by Crippen LogP contribution is 2.32. The Morgan fingerprint density at radius 2 is 2.05 bits per heavy atom. The Morgan fingerprint density at radius 3 is 2.91 bits per heavy atom. The van der Waals surface area contributed by atoms with Crippen LogP contribution in [-0.4, -0.2) is 54.1 Å². The lowest BCUT2D eigenvalue weighted by atomic mass is 10.1. The van der Waals surface area contributed by atoms with Crippen LogP contribution in [0.15, 0.2) is 18.2 Å². The molecule has 1 aromatic carbocycles. The molecule has 1 amide bonds. The molecule has 3 aliphatic heterocycles. The minimum atomic E-state index is -0.0393. The first-order chi connectivity index (χ1) is 10.7. The third kappa shape index (κ3) is 2.33. The Bertz CT molecular complexity index is 589. The molecule has 3 aliphatic rings. The molecule has 2 fully saturated rings. The summed E-state index contributed by atoms with van der Waals surface area (Å²) in [6, 6.07) is 6.46. The highest BCUT2D eigenvalue weighted by molar-refractivity contribution is 5.83. The number of rotatable bonds is 2. The largest absolute Gasteiger partial charge is 0.486 e. The Balaban J connectivity index is 1.51. The van der Waals surface area contributed by atoms with Gasteiger partial charge >= 0.3 is 0 Å². The van der Waals surface area contributed by atoms with Crippen molar-refractivity contribution in [2.24, 2.45) is 0 Å². The van der Waals surface area contributed by atoms with E-state index < -0.39 is 0 Å². The van der Waals surface area contributed by atoms with Gasteiger partial charge in [-0.3, -0.25) is 9.69 Å². The molecule has 0 unspecified atom stereocenters. The molecule has 118 valence electrons. The number of ether oxygens (including phenoxy) is 2. The molecule has 0 spiro atoms. The number of amides is 1. The SMILES string of the molecule is C[C@@H]1C(=O)N2CCC[C@H]2CN1Cc1ccc2c(c1)OCCO2. The van der Waals surface area contributed by atoms with E-state index in [1.54, 1.807) is 0 Å². The number of hydrogen-bond acceptors (Lipinski definition) is 4. The second-order valence-electron chi connectivity index (χ2n) is 6.41. The number of fused-ring (bicyclic) bond motifs is 2. The van der Waals surface area contributed by atoms with Crippen LogP contribution in [0, 0.1) is 0 Å². The fourth-order valence-electron chi connectivity index (χ4n) is 3.76. The van der Waals surface area contributed by atoms with Crippen molar-refractivity contribution >= 4 is 5.91 Å². The van der Waals surface area contributed by atoms with Crippen LogP contribution in [0.1, 0.15) is 25.3 Å². The Kier molecular flexibility index (Phi) is 3.45. The molecule has 4 rings (SSSR count). The number of carbonyl (C=O) groups is 1. The summed E-state index contributed by atoms with van der Waals surface area (Å²) in [5, 5.41) is 0. The number of carbonyl (C=O) groups excluding carboxylic acids is 1. The maximum absolute atomic E-state index is 12.5. The summed E-state index contributed by atoms with van der Waals surface area (Å²) in [5.41, 5.74) is 1.18. The lowest BCUT2D eigenvalue weighted by molar-refractivity contribution is -0.143. The standard InChI is InChI=1S/C17H22N2O3/c1-12-17(20)19-6-2-3-14(19)11-18(12)10-13-4-5-15-16(9-13)22-8-7-21-15/h4-5,9,12,14H,2-3,6-8,10-11H2,1H3/t12-,14+/m1/s1. The van der Waals surface area contributed by atoms with Crippen LogP contribution in [0.4, 0.5) is 0 Å². The Morgan fingerprint density at radius 1 is 1.23 bits per heavy atom. The first kappa shape index (κ1) is 13.9. The van der Waals surface area contributed by atoms with E-state index in [1.165, 1.54) is 5.56 Å². The van der Waals surface area contributed by atoms with Gasteiger partial charge in [0.05, 0.1) is 6.04 Å². The summed E-state index contributed by atoms with van der Waals surface area (Å²) >= 11 is 0. The lowest BCUT2D eigenvalue weighted by Gasteiger charge is -2.41. The monoisotopic (exact) mass is 302 g/mol. The molecular formula is C17H22N2O3. The zero-order valence-electron chi connectivity index (χ0n) is 13.0. The fourth-order valence-corrected chi connectivity index (χ4v) is 3.76. The maximum Gasteiger partial charge on any atom is 0.239 e. The molecule has 0 saturated carbocycles. The van der Waals surface area contributed by atoms with Gasteiger partial charge in [0.1, 0.15) is 13.2 Å². The van der Waals surface area contributed by atoms with Crippen LogP contribution >= 0.6 is 0 Å². The number of piperazine rings is 1. The van der Waals surface area contributed by atoms with Crippen molar-refractivity contribution in [1.82, 2.24) is 9.80 Å². The van der Waals surface area contributed by atoms with Gasteiger partial charge in [-0.1, -0.05) is 6.07 Å². The smallest absolute Gasteiger partial charge is 0.239 e. The molecular weight excluding hydrogens is 280 g/mol. The normalized spacial score (nSPS) is 27.9. The molecule has 2 saturated heterocycles. The number of nitrogens with zero attached hydrogens (tertiary/aromatic N) is 2. The van der Waals surface area contributed by atoms with E-state index in [4.69, 9.17) is 9.47 Å². The van der Waals surface area contributed by atoms with Crippen molar-refractivity contribution in [1.29, 1.82) is 0 Å². The van der Waals surface area contributed by atoms with Gasteiger partial charge in [-0.2, -0.15) is 0 Å². The molecule has 2 atom stereocenters. The molecule has 1 aromatic rings. The van der Waals surface area contributed by atoms with Crippen LogP contribution in [0.2, 0.25) is 0 Å². The molecule has 3 heterocycles. The molecule has 5 nitrogen and oxygen atoms in total. The molecule has 0 aromatic heterocycles. The second-order valence-corrected chi connectivity index (χ2v) is 6.41. The zero-order valence-corrected chi connectivity index (χ0v) is 13.0. The molecule has 0 aliphatic carbocycles. The second kappa shape index (κ2) is 5.47. The summed E-state index contributed by atoms with van der Waals surface area (Å²) in [5.74, 6) is 1.92. The highest BCUT2D eigenvalue weighted by atomic mass is 16.6. The average Bonchev–Trinajstić information content (AvgIpc) is 3.01. The highest BCUT2D eigenvalue weighted by Gasteiger charge is 2.40. The molecule has 0 N–H and O–H groups in total. The summed E-state index contributed by atoms with van der Waals surface area (Å²) < 4.78 is 11.2. The van der Waals surface area contributed by atoms with E-state index >= 15 is 0 Å². The summed E-state index contributed by atoms with van der Waals surface area (Å²) in [7, 11) is 0. The van der Waals surface area contributed by atoms with E-state index in [2.05, 4.69) is 15.9 Å². The Labute approximate surface area is 130 Å². The van der Waals surface area contributed by atoms with Gasteiger partial charge in [0.15, 0.2) is 11.5 Å². The van der Waals surface area contributed by atoms with Crippen molar-refractivity contribution in [3.63, 3.8) is 0 Å². The third-order valence-electron chi connectivity index (χ3n) is 5.00. The summed E-state index contributed by atoms with van der Waals surface area (Å²) in [4.78, 5) is 16.8. The van der Waals surface area contributed by atoms with E-state index in [0.29, 0.717) is 19.3 Å². The van der Waals surface area contributed by atoms with Gasteiger partial charge in [-0.15, -0.1) is 0 Å². The summed E-state index contributed by atoms with van der Waals surface area (Å²) in [6.07, 6.45) is 2.27. The van der Waals surface area contributed by atoms with Gasteiger partial charge in [0.25, 0.3) is 0 Å². The molecule has 22 heavy (non-hydrogen) atoms. The summed E-state index contributed by atoms with van der Waals surface area (Å²) in [6.45, 7) is 5.93. The van der Waals surface area contributed by atoms with Crippen LogP contribution in [0.25, 0.3) is 0 Å². The van der Waals surface area contributed by atoms with E-state index in [9.17, 15) is 4.79 Å². The number of benzene rings is 1. The van der Waals surface area contributed by atoms with Gasteiger partial charge in [0, 0.05) is 25.7 Å². The molecule has 0 radical (unpaired) electrons. The van der Waals surface area contributed by atoms with E-state index in [1.807, 2.05) is 19.1 Å². The van der Waals surface area contributed by atoms with Crippen LogP contribution in [0.3, 0.4) is 0 Å². The fraction of sp³-hybridized carbons (Fsp3) is 0.588. The quantitative estimate of drug-likeness (QED) is 0.833. The predicted molar refractivity (Wildman–Crippen MR) is 82.0 cm³/mol. The van der Waals surface area contributed by atoms with Gasteiger partial charge in [-0.05, 0) is 37.5 Å². The third-order valence-corrected chi connectivity index (χ3v) is 5.00. The minimum absolute atomic E-state index is 0.0393. The topological polar surface area (TPSA) is 42.0 Å². The Hall–Kier alpha value is -1.75. The lowest BCUT2D eigenvalue weighted by Crippen LogP contribution is -2.58. The number of hydrogen-bond donors (Lipinski definition) is 0. The minimum Gasteiger partial charge on any atom is -0.486 e. The average molecular weight is 302 g/mol. The van der Waals surface area contributed by atoms with Crippen LogP contribution in [-0.2, 0) is 11.3 Å². The van der Waals surface area contributed by atoms with Crippen molar-refractivity contribution in [2.45, 2.75) is 38.4 Å². The zero-order chi connectivity index (χ0) is 15.1. The first-order valence-corrected chi connectivity index (χ1v) is 8.15. The van der Waals surface area contributed by atoms with Gasteiger partial charge < -0.3 is 14.4 Å². The van der Waals surface area contributed by atoms with Crippen LogP contribution in [0.5, 0.6) is 11.5 Å². The molecule has 0 bridgehead atoms. The molecule has 5 heteroatoms. The van der Waals surface area contributed by atoms with Crippen molar-refractivity contribution in [3.8, 4) is 11.5 Å². The van der Waals surface area contributed by atoms with Gasteiger partial charge in [-0.25, -0.2) is 0 Å². The predicted octanol–water partition coefficient (Wildman–Crippen LogP) is 1.65. The van der Waals surface area contributed by atoms with Crippen molar-refractivity contribution in [2.75, 3.05) is 26.3 Å². The van der Waals surface area contributed by atoms with Crippen molar-refractivity contribution < 1.29 is 14.3 Å².